The summed E-state index contributed by atoms with van der Waals surface area (Å²) in [4.78, 5) is 3.95. The summed E-state index contributed by atoms with van der Waals surface area (Å²) in [6.45, 7) is 2.70. The van der Waals surface area contributed by atoms with Gasteiger partial charge in [-0.1, -0.05) is 6.92 Å². The molecule has 1 aromatic carbocycles. The number of imidazole rings is 1. The molecule has 0 fully saturated rings. The number of anilines is 1. The molecular formula is C12H15F2N3S. The molecule has 1 heterocycles. The number of benzene rings is 1. The molecule has 1 aromatic heterocycles. The molecule has 1 atom stereocenters. The zero-order valence-corrected chi connectivity index (χ0v) is 11.1. The number of nitrogen functional groups attached to an aromatic ring is 1. The summed E-state index contributed by atoms with van der Waals surface area (Å²) < 4.78 is 28.4. The van der Waals surface area contributed by atoms with Gasteiger partial charge in [-0.25, -0.2) is 13.8 Å². The van der Waals surface area contributed by atoms with Crippen LogP contribution < -0.4 is 5.73 Å². The molecule has 0 aliphatic heterocycles. The first-order valence-corrected chi connectivity index (χ1v) is 6.95. The summed E-state index contributed by atoms with van der Waals surface area (Å²) in [6.07, 6.45) is 2.90. The van der Waals surface area contributed by atoms with Crippen molar-refractivity contribution >= 4 is 28.7 Å². The fourth-order valence-corrected chi connectivity index (χ4v) is 2.17. The summed E-state index contributed by atoms with van der Waals surface area (Å²) in [6, 6.07) is 2.09. The van der Waals surface area contributed by atoms with Gasteiger partial charge in [-0.2, -0.15) is 11.8 Å². The van der Waals surface area contributed by atoms with Crippen LogP contribution in [0.4, 0.5) is 14.7 Å². The third-order valence-corrected chi connectivity index (χ3v) is 4.00. The maximum absolute atomic E-state index is 13.5. The third-order valence-electron chi connectivity index (χ3n) is 2.96. The molecule has 2 aromatic rings. The number of hydrogen-bond acceptors (Lipinski definition) is 3. The second-order valence-corrected chi connectivity index (χ2v) is 5.49. The highest BCUT2D eigenvalue weighted by atomic mass is 32.2. The normalized spacial score (nSPS) is 13.1. The lowest BCUT2D eigenvalue weighted by Gasteiger charge is -2.10. The first-order valence-electron chi connectivity index (χ1n) is 5.66. The Labute approximate surface area is 108 Å². The first kappa shape index (κ1) is 13.1. The summed E-state index contributed by atoms with van der Waals surface area (Å²) in [5.41, 5.74) is 6.30. The van der Waals surface area contributed by atoms with Crippen molar-refractivity contribution in [3.63, 3.8) is 0 Å². The Kier molecular flexibility index (Phi) is 3.75. The number of thioether (sulfide) groups is 1. The molecule has 1 unspecified atom stereocenters. The Hall–Kier alpha value is -1.30. The highest BCUT2D eigenvalue weighted by Crippen LogP contribution is 2.23. The molecule has 18 heavy (non-hydrogen) atoms. The lowest BCUT2D eigenvalue weighted by molar-refractivity contribution is 0.589. The smallest absolute Gasteiger partial charge is 0.201 e. The molecule has 3 nitrogen and oxygen atoms in total. The summed E-state index contributed by atoms with van der Waals surface area (Å²) in [7, 11) is 0. The van der Waals surface area contributed by atoms with Crippen LogP contribution in [-0.2, 0) is 6.54 Å². The van der Waals surface area contributed by atoms with Crippen LogP contribution in [-0.4, -0.2) is 21.1 Å². The molecule has 2 rings (SSSR count). The molecule has 0 saturated carbocycles. The number of nitrogens with zero attached hydrogens (tertiary/aromatic N) is 2. The van der Waals surface area contributed by atoms with E-state index in [1.807, 2.05) is 6.26 Å². The molecular weight excluding hydrogens is 256 g/mol. The number of fused-ring (bicyclic) bond motifs is 1. The van der Waals surface area contributed by atoms with E-state index in [0.717, 1.165) is 12.5 Å². The van der Waals surface area contributed by atoms with Gasteiger partial charge in [0, 0.05) is 23.9 Å². The Morgan fingerprint density at radius 2 is 2.17 bits per heavy atom. The van der Waals surface area contributed by atoms with Gasteiger partial charge < -0.3 is 10.3 Å². The molecule has 0 radical (unpaired) electrons. The fourth-order valence-electron chi connectivity index (χ4n) is 1.83. The van der Waals surface area contributed by atoms with Gasteiger partial charge in [0.15, 0.2) is 5.82 Å². The van der Waals surface area contributed by atoms with Crippen molar-refractivity contribution in [2.45, 2.75) is 25.1 Å². The van der Waals surface area contributed by atoms with Gasteiger partial charge in [0.05, 0.1) is 5.52 Å². The molecule has 0 spiro atoms. The topological polar surface area (TPSA) is 43.8 Å². The summed E-state index contributed by atoms with van der Waals surface area (Å²) in [5.74, 6) is -1.06. The molecule has 0 aliphatic rings. The van der Waals surface area contributed by atoms with Gasteiger partial charge in [0.2, 0.25) is 5.95 Å². The van der Waals surface area contributed by atoms with Crippen LogP contribution in [0.1, 0.15) is 13.3 Å². The average molecular weight is 271 g/mol. The lowest BCUT2D eigenvalue weighted by Crippen LogP contribution is -2.07. The standard InChI is InChI=1S/C12H15F2N3S/c1-7(18-2)3-4-17-10-6-8(13)5-9(14)11(10)16-12(17)15/h5-7H,3-4H2,1-2H3,(H2,15,16). The van der Waals surface area contributed by atoms with Gasteiger partial charge in [-0.05, 0) is 12.7 Å². The number of nitrogens with two attached hydrogens (primary N) is 1. The van der Waals surface area contributed by atoms with Crippen LogP contribution in [0, 0.1) is 11.6 Å². The van der Waals surface area contributed by atoms with Crippen LogP contribution in [0.3, 0.4) is 0 Å². The van der Waals surface area contributed by atoms with Crippen LogP contribution in [0.15, 0.2) is 12.1 Å². The quantitative estimate of drug-likeness (QED) is 0.929. The maximum atomic E-state index is 13.5. The molecule has 2 N–H and O–H groups in total. The predicted octanol–water partition coefficient (Wildman–Crippen LogP) is 3.04. The number of halogens is 2. The van der Waals surface area contributed by atoms with E-state index in [4.69, 9.17) is 5.73 Å². The minimum Gasteiger partial charge on any atom is -0.369 e. The maximum Gasteiger partial charge on any atom is 0.201 e. The van der Waals surface area contributed by atoms with Crippen molar-refractivity contribution in [3.05, 3.63) is 23.8 Å². The van der Waals surface area contributed by atoms with E-state index in [1.165, 1.54) is 6.07 Å². The average Bonchev–Trinajstić information content (AvgIpc) is 2.63. The van der Waals surface area contributed by atoms with Crippen LogP contribution in [0.2, 0.25) is 0 Å². The second-order valence-electron chi connectivity index (χ2n) is 4.21. The first-order chi connectivity index (χ1) is 8.52. The number of aromatic nitrogens is 2. The van der Waals surface area contributed by atoms with Gasteiger partial charge in [0.1, 0.15) is 11.3 Å². The highest BCUT2D eigenvalue weighted by molar-refractivity contribution is 7.99. The molecule has 6 heteroatoms. The summed E-state index contributed by atoms with van der Waals surface area (Å²) >= 11 is 1.74. The largest absolute Gasteiger partial charge is 0.369 e. The van der Waals surface area contributed by atoms with E-state index in [9.17, 15) is 8.78 Å². The minimum atomic E-state index is -0.673. The minimum absolute atomic E-state index is 0.130. The monoisotopic (exact) mass is 271 g/mol. The third kappa shape index (κ3) is 2.43. The van der Waals surface area contributed by atoms with E-state index in [0.29, 0.717) is 17.3 Å². The van der Waals surface area contributed by atoms with Crippen molar-refractivity contribution in [1.29, 1.82) is 0 Å². The van der Waals surface area contributed by atoms with Gasteiger partial charge in [-0.3, -0.25) is 0 Å². The Morgan fingerprint density at radius 1 is 1.44 bits per heavy atom. The molecule has 0 aliphatic carbocycles. The van der Waals surface area contributed by atoms with E-state index < -0.39 is 11.6 Å². The predicted molar refractivity (Wildman–Crippen MR) is 71.7 cm³/mol. The van der Waals surface area contributed by atoms with Crippen molar-refractivity contribution in [1.82, 2.24) is 9.55 Å². The number of rotatable bonds is 4. The Morgan fingerprint density at radius 3 is 2.83 bits per heavy atom. The fraction of sp³-hybridized carbons (Fsp3) is 0.417. The van der Waals surface area contributed by atoms with Crippen LogP contribution >= 0.6 is 11.8 Å². The van der Waals surface area contributed by atoms with Gasteiger partial charge in [0.25, 0.3) is 0 Å². The van der Waals surface area contributed by atoms with Crippen molar-refractivity contribution in [3.8, 4) is 0 Å². The lowest BCUT2D eigenvalue weighted by atomic mass is 10.2. The van der Waals surface area contributed by atoms with Crippen molar-refractivity contribution in [2.24, 2.45) is 0 Å². The van der Waals surface area contributed by atoms with E-state index in [1.54, 1.807) is 16.3 Å². The SMILES string of the molecule is CSC(C)CCn1c(N)nc2c(F)cc(F)cc21. The van der Waals surface area contributed by atoms with Gasteiger partial charge >= 0.3 is 0 Å². The van der Waals surface area contributed by atoms with E-state index in [2.05, 4.69) is 11.9 Å². The van der Waals surface area contributed by atoms with Crippen molar-refractivity contribution in [2.75, 3.05) is 12.0 Å². The second kappa shape index (κ2) is 5.14. The van der Waals surface area contributed by atoms with Crippen molar-refractivity contribution < 1.29 is 8.78 Å². The highest BCUT2D eigenvalue weighted by Gasteiger charge is 2.14. The number of aryl methyl sites for hydroxylation is 1. The van der Waals surface area contributed by atoms with Crippen LogP contribution in [0.5, 0.6) is 0 Å². The zero-order valence-electron chi connectivity index (χ0n) is 10.3. The zero-order chi connectivity index (χ0) is 13.3. The number of hydrogen-bond donors (Lipinski definition) is 1. The Bertz CT molecular complexity index is 568. The molecule has 0 amide bonds. The van der Waals surface area contributed by atoms with E-state index in [-0.39, 0.29) is 11.5 Å². The Balaban J connectivity index is 2.40. The molecule has 0 bridgehead atoms. The van der Waals surface area contributed by atoms with Gasteiger partial charge in [-0.15, -0.1) is 0 Å². The molecule has 0 saturated heterocycles. The van der Waals surface area contributed by atoms with E-state index >= 15 is 0 Å². The van der Waals surface area contributed by atoms with Crippen LogP contribution in [0.25, 0.3) is 11.0 Å². The molecule has 98 valence electrons. The summed E-state index contributed by atoms with van der Waals surface area (Å²) in [5, 5.41) is 0.459.